The Morgan fingerprint density at radius 3 is 1.77 bits per heavy atom. The average Bonchev–Trinajstić information content (AvgIpc) is 2.57. The second-order valence-corrected chi connectivity index (χ2v) is 7.28. The predicted octanol–water partition coefficient (Wildman–Crippen LogP) is 3.73. The summed E-state index contributed by atoms with van der Waals surface area (Å²) in [5.41, 5.74) is 0.777. The van der Waals surface area contributed by atoms with Gasteiger partial charge in [0.05, 0.1) is 0 Å². The summed E-state index contributed by atoms with van der Waals surface area (Å²) in [5, 5.41) is 22.3. The zero-order chi connectivity index (χ0) is 15.4. The molecule has 0 unspecified atom stereocenters. The van der Waals surface area contributed by atoms with Gasteiger partial charge in [0.25, 0.3) is 0 Å². The molecule has 0 aliphatic carbocycles. The lowest BCUT2D eigenvalue weighted by Gasteiger charge is -2.19. The van der Waals surface area contributed by atoms with Gasteiger partial charge in [-0.15, -0.1) is 0 Å². The van der Waals surface area contributed by atoms with Gasteiger partial charge in [-0.05, 0) is 36.7 Å². The lowest BCUT2D eigenvalue weighted by molar-refractivity contribution is 0.456. The molecular weight excluding hydrogens is 291 g/mol. The van der Waals surface area contributed by atoms with E-state index in [1.165, 1.54) is 16.7 Å². The van der Waals surface area contributed by atoms with Crippen LogP contribution in [-0.4, -0.2) is 10.2 Å². The van der Waals surface area contributed by atoms with Crippen molar-refractivity contribution in [3.63, 3.8) is 0 Å². The van der Waals surface area contributed by atoms with Crippen LogP contribution < -0.4 is 10.6 Å². The van der Waals surface area contributed by atoms with Crippen molar-refractivity contribution in [2.45, 2.75) is 6.16 Å². The quantitative estimate of drug-likeness (QED) is 0.569. The highest BCUT2D eigenvalue weighted by molar-refractivity contribution is 7.72. The largest absolute Gasteiger partial charge is 0.508 e. The van der Waals surface area contributed by atoms with Crippen LogP contribution in [0.5, 0.6) is 11.5 Å². The van der Waals surface area contributed by atoms with Gasteiger partial charge >= 0.3 is 0 Å². The molecule has 3 aromatic rings. The lowest BCUT2D eigenvalue weighted by Crippen LogP contribution is -2.12. The van der Waals surface area contributed by atoms with E-state index >= 15 is 0 Å². The lowest BCUT2D eigenvalue weighted by atomic mass is 10.2. The Morgan fingerprint density at radius 2 is 1.23 bits per heavy atom. The molecule has 3 heteroatoms. The zero-order valence-electron chi connectivity index (χ0n) is 12.1. The van der Waals surface area contributed by atoms with E-state index in [4.69, 9.17) is 0 Å². The van der Waals surface area contributed by atoms with Crippen molar-refractivity contribution in [1.29, 1.82) is 0 Å². The third-order valence-corrected chi connectivity index (χ3v) is 6.03. The minimum atomic E-state index is -0.627. The number of hydrogen-bond acceptors (Lipinski definition) is 2. The molecule has 3 aromatic carbocycles. The van der Waals surface area contributed by atoms with Crippen LogP contribution >= 0.6 is 7.92 Å². The van der Waals surface area contributed by atoms with Crippen molar-refractivity contribution in [1.82, 2.24) is 0 Å². The van der Waals surface area contributed by atoms with Gasteiger partial charge < -0.3 is 10.2 Å². The number of hydrogen-bond donors (Lipinski definition) is 2. The van der Waals surface area contributed by atoms with Crippen molar-refractivity contribution in [2.75, 3.05) is 0 Å². The number of benzene rings is 3. The van der Waals surface area contributed by atoms with Crippen LogP contribution in [0.2, 0.25) is 0 Å². The summed E-state index contributed by atoms with van der Waals surface area (Å²) < 4.78 is 0. The van der Waals surface area contributed by atoms with Gasteiger partial charge in [-0.2, -0.15) is 0 Å². The molecule has 0 saturated carbocycles. The molecule has 22 heavy (non-hydrogen) atoms. The smallest absolute Gasteiger partial charge is 0.119 e. The van der Waals surface area contributed by atoms with E-state index in [0.717, 1.165) is 5.56 Å². The molecule has 0 spiro atoms. The number of phenols is 2. The third-order valence-electron chi connectivity index (χ3n) is 3.53. The van der Waals surface area contributed by atoms with Crippen LogP contribution in [-0.2, 0) is 6.16 Å². The zero-order valence-corrected chi connectivity index (χ0v) is 12.9. The SMILES string of the molecule is Oc1ccc(O)c(CP(c2ccccc2)c2ccccc2)c1. The summed E-state index contributed by atoms with van der Waals surface area (Å²) >= 11 is 0. The highest BCUT2D eigenvalue weighted by Crippen LogP contribution is 2.40. The fraction of sp³-hybridized carbons (Fsp3) is 0.0526. The summed E-state index contributed by atoms with van der Waals surface area (Å²) in [7, 11) is -0.627. The van der Waals surface area contributed by atoms with Crippen LogP contribution in [0.4, 0.5) is 0 Å². The van der Waals surface area contributed by atoms with Crippen molar-refractivity contribution in [3.05, 3.63) is 84.4 Å². The first-order chi connectivity index (χ1) is 10.7. The average molecular weight is 308 g/mol. The minimum absolute atomic E-state index is 0.184. The Bertz CT molecular complexity index is 702. The molecule has 2 nitrogen and oxygen atoms in total. The van der Waals surface area contributed by atoms with Crippen LogP contribution in [0.25, 0.3) is 0 Å². The second kappa shape index (κ2) is 6.64. The van der Waals surface area contributed by atoms with Crippen LogP contribution in [0.1, 0.15) is 5.56 Å². The molecule has 0 heterocycles. The molecule has 0 saturated heterocycles. The first kappa shape index (κ1) is 14.6. The molecule has 0 atom stereocenters. The molecule has 0 bridgehead atoms. The standard InChI is InChI=1S/C19H17O2P/c20-16-11-12-19(21)15(13-16)14-22(17-7-3-1-4-8-17)18-9-5-2-6-10-18/h1-13,20-21H,14H2. The maximum Gasteiger partial charge on any atom is 0.119 e. The molecule has 0 radical (unpaired) electrons. The van der Waals surface area contributed by atoms with Gasteiger partial charge in [0.1, 0.15) is 11.5 Å². The van der Waals surface area contributed by atoms with Crippen LogP contribution in [0, 0.1) is 0 Å². The summed E-state index contributed by atoms with van der Waals surface area (Å²) in [5.74, 6) is 0.418. The monoisotopic (exact) mass is 308 g/mol. The van der Waals surface area contributed by atoms with E-state index in [1.807, 2.05) is 36.4 Å². The Labute approximate surface area is 131 Å². The second-order valence-electron chi connectivity index (χ2n) is 5.07. The van der Waals surface area contributed by atoms with E-state index in [0.29, 0.717) is 6.16 Å². The third kappa shape index (κ3) is 3.29. The van der Waals surface area contributed by atoms with Gasteiger partial charge in [-0.25, -0.2) is 0 Å². The molecule has 0 aliphatic rings. The molecular formula is C19H17O2P. The minimum Gasteiger partial charge on any atom is -0.508 e. The number of phenolic OH excluding ortho intramolecular Hbond substituents is 2. The molecule has 0 aliphatic heterocycles. The fourth-order valence-corrected chi connectivity index (χ4v) is 4.74. The molecule has 3 rings (SSSR count). The Balaban J connectivity index is 2.01. The van der Waals surface area contributed by atoms with Gasteiger partial charge in [-0.3, -0.25) is 0 Å². The topological polar surface area (TPSA) is 40.5 Å². The normalized spacial score (nSPS) is 10.8. The molecule has 2 N–H and O–H groups in total. The van der Waals surface area contributed by atoms with E-state index < -0.39 is 7.92 Å². The van der Waals surface area contributed by atoms with Crippen LogP contribution in [0.15, 0.2) is 78.9 Å². The van der Waals surface area contributed by atoms with E-state index in [1.54, 1.807) is 12.1 Å². The molecule has 0 amide bonds. The fourth-order valence-electron chi connectivity index (χ4n) is 2.42. The van der Waals surface area contributed by atoms with Gasteiger partial charge in [0, 0.05) is 11.7 Å². The predicted molar refractivity (Wildman–Crippen MR) is 92.5 cm³/mol. The summed E-state index contributed by atoms with van der Waals surface area (Å²) in [6.07, 6.45) is 0.698. The molecule has 0 aromatic heterocycles. The first-order valence-corrected chi connectivity index (χ1v) is 8.65. The van der Waals surface area contributed by atoms with E-state index in [-0.39, 0.29) is 11.5 Å². The highest BCUT2D eigenvalue weighted by Gasteiger charge is 2.16. The maximum absolute atomic E-state index is 10.1. The molecule has 110 valence electrons. The van der Waals surface area contributed by atoms with Crippen molar-refractivity contribution in [3.8, 4) is 11.5 Å². The summed E-state index contributed by atoms with van der Waals surface area (Å²) in [6.45, 7) is 0. The van der Waals surface area contributed by atoms with E-state index in [9.17, 15) is 10.2 Å². The van der Waals surface area contributed by atoms with Gasteiger partial charge in [0.15, 0.2) is 0 Å². The first-order valence-electron chi connectivity index (χ1n) is 7.12. The van der Waals surface area contributed by atoms with Gasteiger partial charge in [-0.1, -0.05) is 60.7 Å². The number of rotatable bonds is 4. The Kier molecular flexibility index (Phi) is 4.41. The Morgan fingerprint density at radius 1 is 0.682 bits per heavy atom. The van der Waals surface area contributed by atoms with Crippen molar-refractivity contribution < 1.29 is 10.2 Å². The summed E-state index contributed by atoms with van der Waals surface area (Å²) in [4.78, 5) is 0. The van der Waals surface area contributed by atoms with Crippen molar-refractivity contribution >= 4 is 18.5 Å². The van der Waals surface area contributed by atoms with Gasteiger partial charge in [0.2, 0.25) is 0 Å². The van der Waals surface area contributed by atoms with Crippen molar-refractivity contribution in [2.24, 2.45) is 0 Å². The van der Waals surface area contributed by atoms with E-state index in [2.05, 4.69) is 24.3 Å². The summed E-state index contributed by atoms with van der Waals surface area (Å²) in [6, 6.07) is 25.4. The Hall–Kier alpha value is -2.31. The maximum atomic E-state index is 10.1. The molecule has 0 fully saturated rings. The van der Waals surface area contributed by atoms with Crippen LogP contribution in [0.3, 0.4) is 0 Å². The highest BCUT2D eigenvalue weighted by atomic mass is 31.1. The number of aromatic hydroxyl groups is 2.